The van der Waals surface area contributed by atoms with Crippen LogP contribution in [-0.2, 0) is 0 Å². The third-order valence-corrected chi connectivity index (χ3v) is 8.93. The highest BCUT2D eigenvalue weighted by molar-refractivity contribution is 7.13. The van der Waals surface area contributed by atoms with Crippen molar-refractivity contribution in [2.45, 2.75) is 56.8 Å². The molecule has 0 aromatic carbocycles. The number of carbonyl (C=O) groups excluding carboxylic acids is 1. The molecule has 0 unspecified atom stereocenters. The molecule has 11 nitrogen and oxygen atoms in total. The van der Waals surface area contributed by atoms with Crippen LogP contribution in [0.2, 0.25) is 0 Å². The number of nitrogens with zero attached hydrogens (tertiary/aromatic N) is 9. The highest BCUT2D eigenvalue weighted by Crippen LogP contribution is 2.40. The van der Waals surface area contributed by atoms with Gasteiger partial charge in [0.15, 0.2) is 10.8 Å². The average Bonchev–Trinajstić information content (AvgIpc) is 3.86. The van der Waals surface area contributed by atoms with Crippen LogP contribution >= 0.6 is 11.3 Å². The van der Waals surface area contributed by atoms with Crippen LogP contribution in [0.4, 0.5) is 24.7 Å². The SMILES string of the molecule is C[C@H](n1cnnc1-c1nc(NC(=O)c2cc(-n3cnc(C4CC4)c3)c(N3CCN(C4CC4)CC3)cn2)cs1)C(F)(F)F. The number of halogens is 3. The van der Waals surface area contributed by atoms with Gasteiger partial charge in [0, 0.05) is 49.7 Å². The Balaban J connectivity index is 1.13. The van der Waals surface area contributed by atoms with Crippen molar-refractivity contribution in [1.82, 2.24) is 39.2 Å². The van der Waals surface area contributed by atoms with Gasteiger partial charge >= 0.3 is 6.18 Å². The molecule has 5 heterocycles. The molecule has 1 aliphatic heterocycles. The van der Waals surface area contributed by atoms with E-state index >= 15 is 0 Å². The summed E-state index contributed by atoms with van der Waals surface area (Å²) in [5.41, 5.74) is 3.00. The molecular weight excluding hydrogens is 569 g/mol. The van der Waals surface area contributed by atoms with Crippen molar-refractivity contribution in [2.75, 3.05) is 36.4 Å². The number of nitrogens with one attached hydrogen (secondary N) is 1. The van der Waals surface area contributed by atoms with Crippen molar-refractivity contribution >= 4 is 28.7 Å². The largest absolute Gasteiger partial charge is 0.408 e. The second-order valence-electron chi connectivity index (χ2n) is 11.1. The molecule has 4 aromatic rings. The number of piperazine rings is 1. The summed E-state index contributed by atoms with van der Waals surface area (Å²) in [4.78, 5) is 31.6. The number of carbonyl (C=O) groups is 1. The number of imidazole rings is 1. The van der Waals surface area contributed by atoms with Crippen molar-refractivity contribution in [3.05, 3.63) is 47.9 Å². The first-order chi connectivity index (χ1) is 20.2. The van der Waals surface area contributed by atoms with E-state index in [1.54, 1.807) is 24.0 Å². The van der Waals surface area contributed by atoms with E-state index in [0.717, 1.165) is 91.3 Å². The Morgan fingerprint density at radius 3 is 2.57 bits per heavy atom. The van der Waals surface area contributed by atoms with Gasteiger partial charge in [-0.15, -0.1) is 21.5 Å². The maximum absolute atomic E-state index is 13.3. The fourth-order valence-corrected chi connectivity index (χ4v) is 6.03. The molecule has 1 amide bonds. The molecular formula is C27H29F3N10OS. The molecule has 1 atom stereocenters. The molecule has 4 aromatic heterocycles. The van der Waals surface area contributed by atoms with Crippen molar-refractivity contribution < 1.29 is 18.0 Å². The lowest BCUT2D eigenvalue weighted by Crippen LogP contribution is -2.47. The Hall–Kier alpha value is -3.85. The molecule has 1 N–H and O–H groups in total. The summed E-state index contributed by atoms with van der Waals surface area (Å²) < 4.78 is 42.8. The first-order valence-electron chi connectivity index (χ1n) is 14.0. The van der Waals surface area contributed by atoms with E-state index in [1.165, 1.54) is 12.8 Å². The number of pyridine rings is 1. The Kier molecular flexibility index (Phi) is 6.72. The van der Waals surface area contributed by atoms with Gasteiger partial charge in [-0.3, -0.25) is 14.3 Å². The van der Waals surface area contributed by atoms with Crippen molar-refractivity contribution in [3.8, 4) is 16.5 Å². The maximum atomic E-state index is 13.3. The van der Waals surface area contributed by atoms with Gasteiger partial charge in [-0.1, -0.05) is 0 Å². The molecule has 42 heavy (non-hydrogen) atoms. The van der Waals surface area contributed by atoms with Crippen molar-refractivity contribution in [1.29, 1.82) is 0 Å². The predicted octanol–water partition coefficient (Wildman–Crippen LogP) is 4.52. The molecule has 3 fully saturated rings. The molecule has 2 saturated carbocycles. The number of hydrogen-bond donors (Lipinski definition) is 1. The molecule has 220 valence electrons. The smallest absolute Gasteiger partial charge is 0.366 e. The summed E-state index contributed by atoms with van der Waals surface area (Å²) in [6, 6.07) is 0.651. The van der Waals surface area contributed by atoms with Gasteiger partial charge in [0.05, 0.1) is 29.6 Å². The highest BCUT2D eigenvalue weighted by atomic mass is 32.1. The minimum atomic E-state index is -4.47. The van der Waals surface area contributed by atoms with Gasteiger partial charge in [0.1, 0.15) is 23.9 Å². The van der Waals surface area contributed by atoms with Crippen LogP contribution in [0.15, 0.2) is 36.5 Å². The minimum Gasteiger partial charge on any atom is -0.366 e. The van der Waals surface area contributed by atoms with Crippen LogP contribution in [0.3, 0.4) is 0 Å². The number of rotatable bonds is 8. The van der Waals surface area contributed by atoms with Crippen LogP contribution in [0, 0.1) is 0 Å². The maximum Gasteiger partial charge on any atom is 0.408 e. The first kappa shape index (κ1) is 27.0. The monoisotopic (exact) mass is 598 g/mol. The summed E-state index contributed by atoms with van der Waals surface area (Å²) >= 11 is 1.07. The number of alkyl halides is 3. The van der Waals surface area contributed by atoms with E-state index in [0.29, 0.717) is 5.92 Å². The zero-order valence-corrected chi connectivity index (χ0v) is 23.6. The van der Waals surface area contributed by atoms with E-state index in [-0.39, 0.29) is 22.3 Å². The third-order valence-electron chi connectivity index (χ3n) is 8.09. The Labute approximate surface area is 243 Å². The van der Waals surface area contributed by atoms with E-state index in [9.17, 15) is 18.0 Å². The van der Waals surface area contributed by atoms with Gasteiger partial charge in [0.2, 0.25) is 0 Å². The van der Waals surface area contributed by atoms with Crippen LogP contribution < -0.4 is 10.2 Å². The standard InChI is InChI=1S/C27H29F3N10OS/c1-16(27(28,29)30)40-15-33-36-24(40)26-35-23(13-42-26)34-25(41)19-10-21(39-12-20(32-14-39)17-2-3-17)22(11-31-19)38-8-6-37(7-9-38)18-4-5-18/h10-18H,2-9H2,1H3,(H,34,41)/t16-/m0/s1. The highest BCUT2D eigenvalue weighted by Gasteiger charge is 2.39. The average molecular weight is 599 g/mol. The summed E-state index contributed by atoms with van der Waals surface area (Å²) in [5, 5.41) is 12.0. The second kappa shape index (κ2) is 10.5. The second-order valence-corrected chi connectivity index (χ2v) is 11.9. The summed E-state index contributed by atoms with van der Waals surface area (Å²) in [5.74, 6) is 0.177. The first-order valence-corrected chi connectivity index (χ1v) is 14.9. The molecule has 0 radical (unpaired) electrons. The van der Waals surface area contributed by atoms with E-state index < -0.39 is 18.1 Å². The van der Waals surface area contributed by atoms with E-state index in [4.69, 9.17) is 0 Å². The lowest BCUT2D eigenvalue weighted by Gasteiger charge is -2.37. The van der Waals surface area contributed by atoms with Crippen molar-refractivity contribution in [3.63, 3.8) is 0 Å². The van der Waals surface area contributed by atoms with Gasteiger partial charge < -0.3 is 14.8 Å². The number of anilines is 2. The third kappa shape index (κ3) is 5.38. The zero-order valence-electron chi connectivity index (χ0n) is 22.8. The number of aromatic nitrogens is 7. The lowest BCUT2D eigenvalue weighted by molar-refractivity contribution is -0.162. The Morgan fingerprint density at radius 2 is 1.86 bits per heavy atom. The lowest BCUT2D eigenvalue weighted by atomic mass is 10.2. The minimum absolute atomic E-state index is 0.0246. The Morgan fingerprint density at radius 1 is 1.07 bits per heavy atom. The van der Waals surface area contributed by atoms with Crippen molar-refractivity contribution in [2.24, 2.45) is 0 Å². The number of hydrogen-bond acceptors (Lipinski definition) is 9. The Bertz CT molecular complexity index is 1600. The molecule has 3 aliphatic rings. The predicted molar refractivity (Wildman–Crippen MR) is 150 cm³/mol. The van der Waals surface area contributed by atoms with Crippen LogP contribution in [0.25, 0.3) is 16.5 Å². The molecule has 15 heteroatoms. The van der Waals surface area contributed by atoms with E-state index in [1.807, 2.05) is 10.8 Å². The van der Waals surface area contributed by atoms with Crippen LogP contribution in [0.1, 0.15) is 60.7 Å². The van der Waals surface area contributed by atoms with Crippen LogP contribution in [-0.4, -0.2) is 83.5 Å². The molecule has 0 bridgehead atoms. The molecule has 2 aliphatic carbocycles. The fourth-order valence-electron chi connectivity index (χ4n) is 5.29. The van der Waals surface area contributed by atoms with Gasteiger partial charge in [0.25, 0.3) is 5.91 Å². The fraction of sp³-hybridized carbons (Fsp3) is 0.481. The molecule has 1 saturated heterocycles. The van der Waals surface area contributed by atoms with Gasteiger partial charge in [-0.25, -0.2) is 15.0 Å². The zero-order chi connectivity index (χ0) is 29.0. The molecule has 7 rings (SSSR count). The normalized spacial score (nSPS) is 18.8. The van der Waals surface area contributed by atoms with Crippen LogP contribution in [0.5, 0.6) is 0 Å². The van der Waals surface area contributed by atoms with Gasteiger partial charge in [-0.2, -0.15) is 13.2 Å². The number of thiazole rings is 1. The summed E-state index contributed by atoms with van der Waals surface area (Å²) in [6.45, 7) is 4.76. The quantitative estimate of drug-likeness (QED) is 0.315. The van der Waals surface area contributed by atoms with E-state index in [2.05, 4.69) is 40.3 Å². The van der Waals surface area contributed by atoms with Gasteiger partial charge in [-0.05, 0) is 38.7 Å². The number of amides is 1. The summed E-state index contributed by atoms with van der Waals surface area (Å²) in [6.07, 6.45) is 6.95. The topological polar surface area (TPSA) is 110 Å². The molecule has 0 spiro atoms. The summed E-state index contributed by atoms with van der Waals surface area (Å²) in [7, 11) is 0.